The van der Waals surface area contributed by atoms with E-state index in [0.29, 0.717) is 23.6 Å². The van der Waals surface area contributed by atoms with Crippen LogP contribution in [0.1, 0.15) is 29.2 Å². The fourth-order valence-electron chi connectivity index (χ4n) is 2.66. The van der Waals surface area contributed by atoms with Crippen molar-refractivity contribution in [1.82, 2.24) is 0 Å². The van der Waals surface area contributed by atoms with E-state index in [1.807, 2.05) is 19.1 Å². The maximum absolute atomic E-state index is 7.45. The van der Waals surface area contributed by atoms with Crippen LogP contribution >= 0.6 is 0 Å². The number of allylic oxidation sites excluding steroid dienone is 2. The highest BCUT2D eigenvalue weighted by Crippen LogP contribution is 2.18. The summed E-state index contributed by atoms with van der Waals surface area (Å²) >= 11 is 0. The quantitative estimate of drug-likeness (QED) is 0.246. The lowest BCUT2D eigenvalue weighted by molar-refractivity contribution is 1.06. The first-order valence-corrected chi connectivity index (χ1v) is 9.21. The molecule has 0 heterocycles. The minimum atomic E-state index is 0.515. The van der Waals surface area contributed by atoms with Crippen LogP contribution in [0.15, 0.2) is 76.9 Å². The Labute approximate surface area is 172 Å². The van der Waals surface area contributed by atoms with Crippen LogP contribution in [-0.2, 0) is 6.54 Å². The molecule has 4 N–H and O–H groups in total. The first kappa shape index (κ1) is 21.6. The van der Waals surface area contributed by atoms with Crippen LogP contribution in [-0.4, -0.2) is 18.8 Å². The third-order valence-corrected chi connectivity index (χ3v) is 4.32. The van der Waals surface area contributed by atoms with Gasteiger partial charge < -0.3 is 16.5 Å². The largest absolute Gasteiger partial charge is 0.398 e. The van der Waals surface area contributed by atoms with Crippen LogP contribution in [0.25, 0.3) is 6.08 Å². The van der Waals surface area contributed by atoms with Gasteiger partial charge in [0.15, 0.2) is 0 Å². The summed E-state index contributed by atoms with van der Waals surface area (Å²) in [6.45, 7) is 11.9. The Morgan fingerprint density at radius 1 is 1.21 bits per heavy atom. The highest BCUT2D eigenvalue weighted by Gasteiger charge is 2.02. The Bertz CT molecular complexity index is 996. The number of nitrogens with zero attached hydrogens (tertiary/aromatic N) is 2. The summed E-state index contributed by atoms with van der Waals surface area (Å²) < 4.78 is 0. The highest BCUT2D eigenvalue weighted by molar-refractivity contribution is 6.04. The van der Waals surface area contributed by atoms with Crippen molar-refractivity contribution in [3.63, 3.8) is 0 Å². The zero-order valence-corrected chi connectivity index (χ0v) is 16.9. The molecule has 0 unspecified atom stereocenters. The first-order chi connectivity index (χ1) is 14.0. The van der Waals surface area contributed by atoms with E-state index in [4.69, 9.17) is 11.1 Å². The number of hydrogen-bond acceptors (Lipinski definition) is 4. The standard InChI is InChI=1S/C24H27N5/c1-5-17(2)12-20-7-6-19(13-18(20)3)16-28-24(10-11-27-4)29-22-8-9-23(26)21(14-22)15-25/h5-15,25H,1,4,16,26H2,2-3H3,(H,28,29)/b11-10-,17-12+,25-15?. The fourth-order valence-corrected chi connectivity index (χ4v) is 2.66. The second-order valence-electron chi connectivity index (χ2n) is 6.60. The third kappa shape index (κ3) is 6.43. The predicted molar refractivity (Wildman–Crippen MR) is 127 cm³/mol. The molecule has 2 rings (SSSR count). The van der Waals surface area contributed by atoms with Gasteiger partial charge in [0, 0.05) is 29.4 Å². The normalized spacial score (nSPS) is 12.1. The Morgan fingerprint density at radius 2 is 2.00 bits per heavy atom. The average Bonchev–Trinajstić information content (AvgIpc) is 2.72. The molecule has 148 valence electrons. The molecular formula is C24H27N5. The second-order valence-corrected chi connectivity index (χ2v) is 6.60. The molecule has 2 aromatic carbocycles. The van der Waals surface area contributed by atoms with E-state index < -0.39 is 0 Å². The first-order valence-electron chi connectivity index (χ1n) is 9.21. The zero-order chi connectivity index (χ0) is 21.2. The molecule has 2 aromatic rings. The number of rotatable bonds is 8. The van der Waals surface area contributed by atoms with Gasteiger partial charge in [0.25, 0.3) is 0 Å². The molecule has 5 heteroatoms. The van der Waals surface area contributed by atoms with Crippen LogP contribution in [0, 0.1) is 12.3 Å². The van der Waals surface area contributed by atoms with Crippen LogP contribution < -0.4 is 11.1 Å². The number of benzene rings is 2. The summed E-state index contributed by atoms with van der Waals surface area (Å²) in [6, 6.07) is 11.7. The maximum Gasteiger partial charge on any atom is 0.127 e. The summed E-state index contributed by atoms with van der Waals surface area (Å²) in [5.41, 5.74) is 12.4. The van der Waals surface area contributed by atoms with Crippen molar-refractivity contribution in [2.24, 2.45) is 9.98 Å². The third-order valence-electron chi connectivity index (χ3n) is 4.32. The highest BCUT2D eigenvalue weighted by atomic mass is 15.0. The van der Waals surface area contributed by atoms with Gasteiger partial charge in [-0.3, -0.25) is 9.98 Å². The number of nitrogens with one attached hydrogen (secondary N) is 2. The smallest absolute Gasteiger partial charge is 0.127 e. The van der Waals surface area contributed by atoms with Crippen LogP contribution in [0.4, 0.5) is 11.4 Å². The van der Waals surface area contributed by atoms with E-state index >= 15 is 0 Å². The number of aliphatic imine (C=N–C) groups is 2. The molecule has 0 fully saturated rings. The van der Waals surface area contributed by atoms with Gasteiger partial charge in [0.2, 0.25) is 0 Å². The number of aryl methyl sites for hydroxylation is 1. The fraction of sp³-hybridized carbons (Fsp3) is 0.125. The van der Waals surface area contributed by atoms with E-state index in [2.05, 4.69) is 59.8 Å². The molecule has 0 saturated heterocycles. The number of hydrogen-bond donors (Lipinski definition) is 3. The molecule has 0 saturated carbocycles. The van der Waals surface area contributed by atoms with Crippen molar-refractivity contribution >= 4 is 36.2 Å². The SMILES string of the molecule is C=C/C(C)=C/c1ccc(C/N=C(\C=C/N=C)Nc2ccc(N)c(C=N)c2)cc1C. The topological polar surface area (TPSA) is 86.6 Å². The second kappa shape index (κ2) is 10.6. The summed E-state index contributed by atoms with van der Waals surface area (Å²) in [6.07, 6.45) is 8.52. The molecule has 0 bridgehead atoms. The number of amidine groups is 1. The van der Waals surface area contributed by atoms with Crippen molar-refractivity contribution < 1.29 is 0 Å². The molecule has 0 aromatic heterocycles. The minimum Gasteiger partial charge on any atom is -0.398 e. The van der Waals surface area contributed by atoms with Crippen LogP contribution in [0.5, 0.6) is 0 Å². The molecule has 5 nitrogen and oxygen atoms in total. The zero-order valence-electron chi connectivity index (χ0n) is 16.9. The Hall–Kier alpha value is -3.73. The molecule has 0 spiro atoms. The lowest BCUT2D eigenvalue weighted by Gasteiger charge is -2.10. The average molecular weight is 386 g/mol. The van der Waals surface area contributed by atoms with Gasteiger partial charge in [0.1, 0.15) is 5.84 Å². The number of nitrogens with two attached hydrogens (primary N) is 1. The van der Waals surface area contributed by atoms with Crippen LogP contribution in [0.3, 0.4) is 0 Å². The molecule has 0 amide bonds. The molecule has 0 aliphatic carbocycles. The monoisotopic (exact) mass is 385 g/mol. The summed E-state index contributed by atoms with van der Waals surface area (Å²) in [5.74, 6) is 0.641. The minimum absolute atomic E-state index is 0.515. The summed E-state index contributed by atoms with van der Waals surface area (Å²) in [4.78, 5) is 8.42. The van der Waals surface area contributed by atoms with E-state index in [0.717, 1.165) is 16.8 Å². The molecular weight excluding hydrogens is 358 g/mol. The van der Waals surface area contributed by atoms with Gasteiger partial charge in [-0.1, -0.05) is 42.5 Å². The Kier molecular flexibility index (Phi) is 7.86. The van der Waals surface area contributed by atoms with Crippen molar-refractivity contribution in [3.05, 3.63) is 89.2 Å². The molecule has 29 heavy (non-hydrogen) atoms. The van der Waals surface area contributed by atoms with Crippen LogP contribution in [0.2, 0.25) is 0 Å². The van der Waals surface area contributed by atoms with Crippen molar-refractivity contribution in [2.45, 2.75) is 20.4 Å². The Morgan fingerprint density at radius 3 is 2.66 bits per heavy atom. The van der Waals surface area contributed by atoms with Crippen molar-refractivity contribution in [2.75, 3.05) is 11.1 Å². The van der Waals surface area contributed by atoms with Gasteiger partial charge in [-0.15, -0.1) is 0 Å². The van der Waals surface area contributed by atoms with Crippen molar-refractivity contribution in [1.29, 1.82) is 5.41 Å². The van der Waals surface area contributed by atoms with Gasteiger partial charge in [-0.05, 0) is 61.5 Å². The molecule has 0 radical (unpaired) electrons. The predicted octanol–water partition coefficient (Wildman–Crippen LogP) is 5.39. The van der Waals surface area contributed by atoms with Gasteiger partial charge in [-0.25, -0.2) is 0 Å². The summed E-state index contributed by atoms with van der Waals surface area (Å²) in [7, 11) is 0. The molecule has 0 aliphatic rings. The number of nitrogen functional groups attached to an aromatic ring is 1. The van der Waals surface area contributed by atoms with E-state index in [-0.39, 0.29) is 0 Å². The van der Waals surface area contributed by atoms with Gasteiger partial charge in [-0.2, -0.15) is 0 Å². The maximum atomic E-state index is 7.45. The van der Waals surface area contributed by atoms with E-state index in [1.54, 1.807) is 24.4 Å². The van der Waals surface area contributed by atoms with Crippen molar-refractivity contribution in [3.8, 4) is 0 Å². The van der Waals surface area contributed by atoms with E-state index in [1.165, 1.54) is 17.3 Å². The molecule has 0 aliphatic heterocycles. The number of anilines is 2. The van der Waals surface area contributed by atoms with Gasteiger partial charge >= 0.3 is 0 Å². The lowest BCUT2D eigenvalue weighted by Crippen LogP contribution is -2.10. The van der Waals surface area contributed by atoms with E-state index in [9.17, 15) is 0 Å². The lowest BCUT2D eigenvalue weighted by atomic mass is 10.0. The van der Waals surface area contributed by atoms with Gasteiger partial charge in [0.05, 0.1) is 6.54 Å². The Balaban J connectivity index is 2.23. The molecule has 0 atom stereocenters. The summed E-state index contributed by atoms with van der Waals surface area (Å²) in [5, 5.41) is 10.7.